The van der Waals surface area contributed by atoms with Gasteiger partial charge in [-0.05, 0) is 25.0 Å². The molecule has 0 radical (unpaired) electrons. The monoisotopic (exact) mass is 297 g/mol. The fourth-order valence-corrected chi connectivity index (χ4v) is 2.66. The average molecular weight is 297 g/mol. The molecule has 2 atom stereocenters. The lowest BCUT2D eigenvalue weighted by Gasteiger charge is -2.11. The minimum atomic E-state index is -0.145. The van der Waals surface area contributed by atoms with Crippen molar-refractivity contribution in [2.24, 2.45) is 5.92 Å². The van der Waals surface area contributed by atoms with Crippen molar-refractivity contribution in [3.05, 3.63) is 59.9 Å². The van der Waals surface area contributed by atoms with Crippen LogP contribution < -0.4 is 5.32 Å². The quantitative estimate of drug-likeness (QED) is 0.846. The van der Waals surface area contributed by atoms with Gasteiger partial charge in [-0.3, -0.25) is 4.79 Å². The summed E-state index contributed by atoms with van der Waals surface area (Å²) in [6, 6.07) is 7.87. The number of aliphatic hydroxyl groups excluding tert-OH is 1. The van der Waals surface area contributed by atoms with E-state index in [1.807, 2.05) is 43.3 Å². The highest BCUT2D eigenvalue weighted by atomic mass is 16.3. The van der Waals surface area contributed by atoms with Crippen LogP contribution in [0.2, 0.25) is 0 Å². The van der Waals surface area contributed by atoms with E-state index < -0.39 is 0 Å². The lowest BCUT2D eigenvalue weighted by atomic mass is 10.1. The van der Waals surface area contributed by atoms with E-state index in [9.17, 15) is 4.79 Å². The van der Waals surface area contributed by atoms with Crippen LogP contribution in [0.5, 0.6) is 0 Å². The Morgan fingerprint density at radius 2 is 2.23 bits per heavy atom. The Hall–Kier alpha value is -2.40. The second kappa shape index (κ2) is 6.15. The first-order chi connectivity index (χ1) is 10.7. The fraction of sp³-hybridized carbons (Fsp3) is 0.294. The Morgan fingerprint density at radius 3 is 2.95 bits per heavy atom. The Balaban J connectivity index is 1.70. The van der Waals surface area contributed by atoms with Crippen LogP contribution in [0, 0.1) is 12.8 Å². The number of hydrogen-bond acceptors (Lipinski definition) is 3. The number of nitrogens with zero attached hydrogens (tertiary/aromatic N) is 2. The predicted octanol–water partition coefficient (Wildman–Crippen LogP) is 1.85. The van der Waals surface area contributed by atoms with E-state index in [0.29, 0.717) is 5.56 Å². The number of benzene rings is 1. The van der Waals surface area contributed by atoms with Crippen molar-refractivity contribution in [3.63, 3.8) is 0 Å². The van der Waals surface area contributed by atoms with Gasteiger partial charge in [0.25, 0.3) is 5.91 Å². The first-order valence-electron chi connectivity index (χ1n) is 7.38. The molecule has 114 valence electrons. The largest absolute Gasteiger partial charge is 0.396 e. The molecule has 3 rings (SSSR count). The van der Waals surface area contributed by atoms with Crippen molar-refractivity contribution in [3.8, 4) is 5.69 Å². The van der Waals surface area contributed by atoms with Crippen LogP contribution >= 0.6 is 0 Å². The van der Waals surface area contributed by atoms with Gasteiger partial charge in [-0.15, -0.1) is 0 Å². The van der Waals surface area contributed by atoms with Crippen LogP contribution in [0.4, 0.5) is 0 Å². The van der Waals surface area contributed by atoms with E-state index in [4.69, 9.17) is 5.11 Å². The number of nitrogens with one attached hydrogen (secondary N) is 1. The maximum Gasteiger partial charge on any atom is 0.254 e. The van der Waals surface area contributed by atoms with Crippen molar-refractivity contribution in [1.82, 2.24) is 15.1 Å². The number of aliphatic hydroxyl groups is 1. The molecular weight excluding hydrogens is 278 g/mol. The molecule has 0 unspecified atom stereocenters. The molecule has 1 aromatic heterocycles. The second-order valence-electron chi connectivity index (χ2n) is 5.60. The Bertz CT molecular complexity index is 705. The van der Waals surface area contributed by atoms with E-state index in [1.165, 1.54) is 0 Å². The summed E-state index contributed by atoms with van der Waals surface area (Å²) in [7, 11) is 0. The molecule has 5 nitrogen and oxygen atoms in total. The molecule has 1 aromatic carbocycles. The van der Waals surface area contributed by atoms with Gasteiger partial charge in [0, 0.05) is 24.8 Å². The van der Waals surface area contributed by atoms with Gasteiger partial charge in [0.15, 0.2) is 0 Å². The molecule has 0 spiro atoms. The zero-order valence-electron chi connectivity index (χ0n) is 12.4. The van der Waals surface area contributed by atoms with Gasteiger partial charge in [0.05, 0.1) is 17.4 Å². The van der Waals surface area contributed by atoms with Crippen molar-refractivity contribution in [1.29, 1.82) is 0 Å². The molecule has 2 aromatic rings. The second-order valence-corrected chi connectivity index (χ2v) is 5.60. The van der Waals surface area contributed by atoms with E-state index in [-0.39, 0.29) is 24.5 Å². The molecule has 1 amide bonds. The molecule has 0 bridgehead atoms. The van der Waals surface area contributed by atoms with Crippen LogP contribution in [-0.4, -0.2) is 33.4 Å². The van der Waals surface area contributed by atoms with Gasteiger partial charge in [-0.25, -0.2) is 4.68 Å². The van der Waals surface area contributed by atoms with Crippen LogP contribution in [0.1, 0.15) is 22.3 Å². The number of aromatic nitrogens is 2. The lowest BCUT2D eigenvalue weighted by molar-refractivity contribution is 0.0941. The third kappa shape index (κ3) is 2.94. The minimum absolute atomic E-state index is 0.0218. The molecule has 0 aliphatic heterocycles. The third-order valence-electron chi connectivity index (χ3n) is 3.93. The third-order valence-corrected chi connectivity index (χ3v) is 3.93. The molecule has 0 saturated heterocycles. The number of amides is 1. The number of carbonyl (C=O) groups is 1. The van der Waals surface area contributed by atoms with Crippen molar-refractivity contribution >= 4 is 5.91 Å². The zero-order valence-corrected chi connectivity index (χ0v) is 12.4. The highest BCUT2D eigenvalue weighted by molar-refractivity contribution is 5.94. The van der Waals surface area contributed by atoms with Crippen LogP contribution in [-0.2, 0) is 0 Å². The molecule has 1 aliphatic carbocycles. The highest BCUT2D eigenvalue weighted by Crippen LogP contribution is 2.18. The summed E-state index contributed by atoms with van der Waals surface area (Å²) < 4.78 is 1.71. The molecule has 0 fully saturated rings. The molecule has 2 N–H and O–H groups in total. The SMILES string of the molecule is Cc1ccccc1-n1cc(C(=O)N[C@@H]2C=C[C@H](CO)C2)cn1. The minimum Gasteiger partial charge on any atom is -0.396 e. The smallest absolute Gasteiger partial charge is 0.254 e. The Kier molecular flexibility index (Phi) is 4.06. The average Bonchev–Trinajstić information content (AvgIpc) is 3.16. The predicted molar refractivity (Wildman–Crippen MR) is 83.9 cm³/mol. The van der Waals surface area contributed by atoms with E-state index in [0.717, 1.165) is 17.7 Å². The summed E-state index contributed by atoms with van der Waals surface area (Å²) in [5.74, 6) is -0.00642. The normalized spacial score (nSPS) is 20.3. The Labute approximate surface area is 129 Å². The summed E-state index contributed by atoms with van der Waals surface area (Å²) in [5, 5.41) is 16.3. The standard InChI is InChI=1S/C17H19N3O2/c1-12-4-2-3-5-16(12)20-10-14(9-18-20)17(22)19-15-7-6-13(8-15)11-21/h2-7,9-10,13,15,21H,8,11H2,1H3,(H,19,22)/t13-,15+/m0/s1. The van der Waals surface area contributed by atoms with Gasteiger partial charge in [0.1, 0.15) is 0 Å². The molecule has 1 heterocycles. The number of para-hydroxylation sites is 1. The molecule has 22 heavy (non-hydrogen) atoms. The number of carbonyl (C=O) groups excluding carboxylic acids is 1. The Morgan fingerprint density at radius 1 is 1.41 bits per heavy atom. The molecule has 0 saturated carbocycles. The highest BCUT2D eigenvalue weighted by Gasteiger charge is 2.21. The van der Waals surface area contributed by atoms with Gasteiger partial charge in [-0.2, -0.15) is 5.10 Å². The number of rotatable bonds is 4. The molecule has 5 heteroatoms. The van der Waals surface area contributed by atoms with E-state index in [1.54, 1.807) is 17.1 Å². The van der Waals surface area contributed by atoms with Crippen LogP contribution in [0.25, 0.3) is 5.69 Å². The molecule has 1 aliphatic rings. The fourth-order valence-electron chi connectivity index (χ4n) is 2.66. The van der Waals surface area contributed by atoms with Gasteiger partial charge in [0.2, 0.25) is 0 Å². The zero-order chi connectivity index (χ0) is 15.5. The van der Waals surface area contributed by atoms with E-state index >= 15 is 0 Å². The summed E-state index contributed by atoms with van der Waals surface area (Å²) in [6.07, 6.45) is 7.93. The van der Waals surface area contributed by atoms with Crippen LogP contribution in [0.15, 0.2) is 48.8 Å². The maximum absolute atomic E-state index is 12.3. The summed E-state index contributed by atoms with van der Waals surface area (Å²) >= 11 is 0. The summed E-state index contributed by atoms with van der Waals surface area (Å²) in [4.78, 5) is 12.3. The van der Waals surface area contributed by atoms with Crippen molar-refractivity contribution < 1.29 is 9.90 Å². The van der Waals surface area contributed by atoms with E-state index in [2.05, 4.69) is 10.4 Å². The van der Waals surface area contributed by atoms with Crippen molar-refractivity contribution in [2.75, 3.05) is 6.61 Å². The number of aryl methyl sites for hydroxylation is 1. The summed E-state index contributed by atoms with van der Waals surface area (Å²) in [5.41, 5.74) is 2.59. The first kappa shape index (κ1) is 14.5. The van der Waals surface area contributed by atoms with Crippen LogP contribution in [0.3, 0.4) is 0 Å². The number of hydrogen-bond donors (Lipinski definition) is 2. The topological polar surface area (TPSA) is 67.2 Å². The van der Waals surface area contributed by atoms with Crippen molar-refractivity contribution in [2.45, 2.75) is 19.4 Å². The maximum atomic E-state index is 12.3. The first-order valence-corrected chi connectivity index (χ1v) is 7.38. The molecular formula is C17H19N3O2. The van der Waals surface area contributed by atoms with Gasteiger partial charge >= 0.3 is 0 Å². The summed E-state index contributed by atoms with van der Waals surface area (Å²) in [6.45, 7) is 2.13. The van der Waals surface area contributed by atoms with Gasteiger partial charge < -0.3 is 10.4 Å². The lowest BCUT2D eigenvalue weighted by Crippen LogP contribution is -2.32. The van der Waals surface area contributed by atoms with Gasteiger partial charge in [-0.1, -0.05) is 30.4 Å².